The molecule has 3 saturated heterocycles. The fourth-order valence-electron chi connectivity index (χ4n) is 7.19. The van der Waals surface area contributed by atoms with Gasteiger partial charge in [0, 0.05) is 36.3 Å². The molecule has 0 spiro atoms. The van der Waals surface area contributed by atoms with Gasteiger partial charge in [0.2, 0.25) is 11.4 Å². The molecule has 3 aromatic rings. The highest BCUT2D eigenvalue weighted by Crippen LogP contribution is 2.45. The standard InChI is InChI=1S/C26H34ClN11O5S2.C7H5ClO3.C2H6/c1-26(2,24(41)42-4)43-33-16(15-19(27)45-25(28)30-15)21(39)29-17-22(40)37-18(20-31-34-35-32-20)13(12-44-23(17)37)11-38-8-5-6-14(38)10-36(3)7-9-38;8-6-4(3-9)1-2-5(10)7(6)11;1-2/h14,17,23H,5-12H2,1-4H3,(H3-,28,29,30,31,32,34,35,39);1-3,10-11H;1-2H3/p+1/b33-16-;;/t14-,17+,23+,38+;;/m0../s1. The number of thioether (sulfide) groups is 1. The third-order valence-electron chi connectivity index (χ3n) is 10.1. The molecule has 0 unspecified atom stereocenters. The van der Waals surface area contributed by atoms with Crippen LogP contribution in [0.3, 0.4) is 0 Å². The second-order valence-electron chi connectivity index (χ2n) is 14.1. The van der Waals surface area contributed by atoms with E-state index in [1.54, 1.807) is 16.7 Å². The van der Waals surface area contributed by atoms with E-state index in [0.717, 1.165) is 54.1 Å². The Morgan fingerprint density at radius 3 is 2.62 bits per heavy atom. The number of carbonyl (C=O) groups is 4. The summed E-state index contributed by atoms with van der Waals surface area (Å²) >= 11 is 14.3. The van der Waals surface area contributed by atoms with Crippen molar-refractivity contribution in [1.82, 2.24) is 40.7 Å². The number of aromatic nitrogens is 5. The van der Waals surface area contributed by atoms with Crippen LogP contribution in [-0.2, 0) is 24.0 Å². The molecule has 4 atom stereocenters. The van der Waals surface area contributed by atoms with Gasteiger partial charge in [-0.1, -0.05) is 53.5 Å². The number of phenolic OH excluding ortho intramolecular Hbond substituents is 2. The number of tetrazole rings is 1. The van der Waals surface area contributed by atoms with Crippen LogP contribution in [0.1, 0.15) is 62.4 Å². The fourth-order valence-corrected chi connectivity index (χ4v) is 9.66. The Kier molecular flexibility index (Phi) is 14.3. The van der Waals surface area contributed by atoms with E-state index in [-0.39, 0.29) is 43.1 Å². The topological polar surface area (TPSA) is 251 Å². The third-order valence-corrected chi connectivity index (χ3v) is 12.9. The largest absolute Gasteiger partial charge is 0.504 e. The van der Waals surface area contributed by atoms with E-state index in [2.05, 4.69) is 48.0 Å². The molecule has 7 rings (SSSR count). The molecule has 0 aliphatic carbocycles. The number of benzene rings is 1. The molecule has 4 aliphatic heterocycles. The van der Waals surface area contributed by atoms with Crippen molar-refractivity contribution < 1.29 is 43.4 Å². The maximum atomic E-state index is 13.8. The summed E-state index contributed by atoms with van der Waals surface area (Å²) in [5.74, 6) is -1.61. The predicted octanol–water partition coefficient (Wildman–Crippen LogP) is 2.89. The van der Waals surface area contributed by atoms with Crippen LogP contribution >= 0.6 is 46.3 Å². The van der Waals surface area contributed by atoms with Crippen molar-refractivity contribution in [3.05, 3.63) is 44.1 Å². The number of phenols is 2. The summed E-state index contributed by atoms with van der Waals surface area (Å²) in [7, 11) is 3.38. The molecule has 23 heteroatoms. The molecule has 0 radical (unpaired) electrons. The van der Waals surface area contributed by atoms with Gasteiger partial charge in [0.15, 0.2) is 28.6 Å². The number of ether oxygens (including phenoxy) is 1. The molecule has 6 heterocycles. The Morgan fingerprint density at radius 1 is 1.24 bits per heavy atom. The van der Waals surface area contributed by atoms with Crippen LogP contribution in [0.4, 0.5) is 5.13 Å². The number of esters is 1. The number of quaternary nitrogens is 1. The first-order valence-electron chi connectivity index (χ1n) is 18.3. The molecular weight excluding hydrogens is 837 g/mol. The number of halogens is 2. The number of methoxy groups -OCH3 is 1. The van der Waals surface area contributed by atoms with Gasteiger partial charge in [0.25, 0.3) is 11.8 Å². The number of piperazine rings is 1. The fraction of sp³-hybridized carbons (Fsp3) is 0.514. The number of amides is 2. The zero-order valence-electron chi connectivity index (χ0n) is 32.7. The average Bonchev–Trinajstić information content (AvgIpc) is 3.97. The molecule has 0 saturated carbocycles. The minimum Gasteiger partial charge on any atom is -0.504 e. The Hall–Kier alpha value is -4.54. The van der Waals surface area contributed by atoms with Gasteiger partial charge in [0.1, 0.15) is 34.0 Å². The minimum absolute atomic E-state index is 0.0341. The third kappa shape index (κ3) is 9.03. The molecule has 2 aromatic heterocycles. The summed E-state index contributed by atoms with van der Waals surface area (Å²) in [6.45, 7) is 11.9. The monoisotopic (exact) mass is 882 g/mol. The van der Waals surface area contributed by atoms with Crippen molar-refractivity contribution in [3.63, 3.8) is 0 Å². The number of oxime groups is 1. The van der Waals surface area contributed by atoms with E-state index in [4.69, 9.17) is 48.7 Å². The van der Waals surface area contributed by atoms with Crippen molar-refractivity contribution >= 4 is 86.9 Å². The van der Waals surface area contributed by atoms with Crippen molar-refractivity contribution in [1.29, 1.82) is 0 Å². The maximum Gasteiger partial charge on any atom is 0.352 e. The van der Waals surface area contributed by atoms with Crippen LogP contribution in [0.25, 0.3) is 5.70 Å². The molecule has 2 amide bonds. The van der Waals surface area contributed by atoms with E-state index in [9.17, 15) is 19.2 Å². The number of anilines is 1. The lowest BCUT2D eigenvalue weighted by molar-refractivity contribution is -0.939. The second-order valence-corrected chi connectivity index (χ2v) is 17.2. The van der Waals surface area contributed by atoms with E-state index >= 15 is 0 Å². The van der Waals surface area contributed by atoms with E-state index in [0.29, 0.717) is 29.6 Å². The average molecular weight is 884 g/mol. The lowest BCUT2D eigenvalue weighted by Gasteiger charge is -2.51. The smallest absolute Gasteiger partial charge is 0.352 e. The highest BCUT2D eigenvalue weighted by atomic mass is 35.5. The first kappa shape index (κ1) is 44.6. The van der Waals surface area contributed by atoms with Crippen LogP contribution < -0.4 is 11.1 Å². The Morgan fingerprint density at radius 2 is 1.98 bits per heavy atom. The normalized spacial score (nSPS) is 23.0. The Bertz CT molecular complexity index is 2080. The van der Waals surface area contributed by atoms with Gasteiger partial charge in [-0.3, -0.25) is 24.2 Å². The summed E-state index contributed by atoms with van der Waals surface area (Å²) < 4.78 is 5.85. The zero-order valence-corrected chi connectivity index (χ0v) is 35.8. The lowest BCUT2D eigenvalue weighted by Crippen LogP contribution is -2.70. The predicted molar refractivity (Wildman–Crippen MR) is 218 cm³/mol. The SMILES string of the molecule is CC.COC(=O)C(C)(C)O/N=C(\C(=O)N[C@@H]1C(=O)N2C(c3nn[nH]n3)=C(C[N@+]34CCC[C@H]3CN(C)CC4)CS[C@H]12)c1nc(N)sc1Cl.O=Cc1ccc(O)c(O)c1Cl. The number of carbonyl (C=O) groups excluding carboxylic acids is 4. The van der Waals surface area contributed by atoms with Crippen LogP contribution in [0.15, 0.2) is 22.9 Å². The molecule has 1 aromatic carbocycles. The van der Waals surface area contributed by atoms with Gasteiger partial charge >= 0.3 is 5.97 Å². The van der Waals surface area contributed by atoms with Crippen LogP contribution in [0.2, 0.25) is 9.36 Å². The van der Waals surface area contributed by atoms with Gasteiger partial charge in [-0.05, 0) is 38.2 Å². The number of likely N-dealkylation sites (N-methyl/N-ethyl adjacent to an activating group) is 1. The number of hydrogen-bond acceptors (Lipinski definition) is 17. The molecule has 6 N–H and O–H groups in total. The van der Waals surface area contributed by atoms with Crippen LogP contribution in [0, 0.1) is 0 Å². The van der Waals surface area contributed by atoms with E-state index < -0.39 is 34.6 Å². The minimum atomic E-state index is -1.53. The molecule has 3 fully saturated rings. The van der Waals surface area contributed by atoms with Crippen molar-refractivity contribution in [3.8, 4) is 11.5 Å². The summed E-state index contributed by atoms with van der Waals surface area (Å²) in [6.07, 6.45) is 2.86. The van der Waals surface area contributed by atoms with E-state index in [1.165, 1.54) is 45.9 Å². The molecule has 0 bridgehead atoms. The zero-order chi connectivity index (χ0) is 42.5. The van der Waals surface area contributed by atoms with Crippen molar-refractivity contribution in [2.24, 2.45) is 5.16 Å². The van der Waals surface area contributed by atoms with Gasteiger partial charge in [-0.15, -0.1) is 22.0 Å². The number of H-pyrrole nitrogens is 1. The lowest BCUT2D eigenvalue weighted by atomic mass is 10.0. The summed E-state index contributed by atoms with van der Waals surface area (Å²) in [5.41, 5.74) is 5.83. The number of aromatic amines is 1. The number of aromatic hydroxyl groups is 2. The van der Waals surface area contributed by atoms with Crippen LogP contribution in [-0.4, -0.2) is 156 Å². The first-order valence-corrected chi connectivity index (χ1v) is 20.9. The molecule has 314 valence electrons. The number of β-lactam (4-membered cyclic amide) rings is 1. The number of hydrogen-bond donors (Lipinski definition) is 5. The first-order chi connectivity index (χ1) is 27.6. The highest BCUT2D eigenvalue weighted by Gasteiger charge is 2.55. The maximum absolute atomic E-state index is 13.8. The van der Waals surface area contributed by atoms with Crippen molar-refractivity contribution in [2.45, 2.75) is 63.6 Å². The molecule has 58 heavy (non-hydrogen) atoms. The molecular formula is C35H46Cl2N11O8S2+. The molecule has 4 aliphatic rings. The number of nitrogens with one attached hydrogen (secondary N) is 2. The number of aldehydes is 1. The van der Waals surface area contributed by atoms with Gasteiger partial charge in [0.05, 0.1) is 37.5 Å². The summed E-state index contributed by atoms with van der Waals surface area (Å²) in [4.78, 5) is 63.4. The van der Waals surface area contributed by atoms with E-state index in [1.807, 2.05) is 13.8 Å². The number of rotatable bonds is 10. The van der Waals surface area contributed by atoms with Crippen molar-refractivity contribution in [2.75, 3.05) is 58.4 Å². The summed E-state index contributed by atoms with van der Waals surface area (Å²) in [6, 6.07) is 2.17. The number of nitrogens with two attached hydrogens (primary N) is 1. The number of nitrogens with zero attached hydrogens (tertiary/aromatic N) is 8. The second kappa shape index (κ2) is 18.6. The number of nitrogen functional groups attached to an aromatic ring is 1. The summed E-state index contributed by atoms with van der Waals surface area (Å²) in [5, 5.41) is 38.9. The molecule has 19 nitrogen and oxygen atoms in total. The Labute approximate surface area is 352 Å². The number of fused-ring (bicyclic) bond motifs is 2. The Balaban J connectivity index is 0.000000423. The van der Waals surface area contributed by atoms with Gasteiger partial charge in [-0.25, -0.2) is 9.78 Å². The van der Waals surface area contributed by atoms with Crippen LogP contribution in [0.5, 0.6) is 11.5 Å². The highest BCUT2D eigenvalue weighted by molar-refractivity contribution is 8.00. The number of thiazole rings is 1. The van der Waals surface area contributed by atoms with Gasteiger partial charge < -0.3 is 35.3 Å². The van der Waals surface area contributed by atoms with Gasteiger partial charge in [-0.2, -0.15) is 5.21 Å². The quantitative estimate of drug-likeness (QED) is 0.0374.